The van der Waals surface area contributed by atoms with Crippen LogP contribution in [0.25, 0.3) is 0 Å². The molecule has 4 aliphatic rings. The van der Waals surface area contributed by atoms with Crippen LogP contribution in [0.2, 0.25) is 0 Å². The van der Waals surface area contributed by atoms with Crippen LogP contribution >= 0.6 is 15.9 Å². The molecule has 0 amide bonds. The Kier molecular flexibility index (Phi) is 4.05. The molecule has 0 heterocycles. The molecule has 2 heteroatoms. The summed E-state index contributed by atoms with van der Waals surface area (Å²) in [5, 5.41) is 12.3. The highest BCUT2D eigenvalue weighted by Crippen LogP contribution is 2.68. The first-order valence-electron chi connectivity index (χ1n) is 9.92. The number of hydrogen-bond donors (Lipinski definition) is 1. The second kappa shape index (κ2) is 5.59. The van der Waals surface area contributed by atoms with E-state index in [2.05, 4.69) is 35.9 Å². The number of rotatable bonds is 2. The summed E-state index contributed by atoms with van der Waals surface area (Å²) in [6, 6.07) is 0. The van der Waals surface area contributed by atoms with Gasteiger partial charge in [0.2, 0.25) is 0 Å². The third-order valence-corrected chi connectivity index (χ3v) is 9.25. The fourth-order valence-electron chi connectivity index (χ4n) is 7.43. The highest BCUT2D eigenvalue weighted by molar-refractivity contribution is 9.09. The van der Waals surface area contributed by atoms with Gasteiger partial charge in [-0.1, -0.05) is 41.4 Å². The minimum absolute atomic E-state index is 0.161. The Hall–Kier alpha value is 0.180. The predicted molar refractivity (Wildman–Crippen MR) is 99.7 cm³/mol. The molecule has 3 fully saturated rings. The van der Waals surface area contributed by atoms with Gasteiger partial charge in [-0.3, -0.25) is 0 Å². The topological polar surface area (TPSA) is 20.2 Å². The fraction of sp³-hybridized carbons (Fsp3) is 0.905. The van der Waals surface area contributed by atoms with Crippen LogP contribution in [-0.4, -0.2) is 16.0 Å². The largest absolute Gasteiger partial charge is 0.389 e. The van der Waals surface area contributed by atoms with E-state index in [0.29, 0.717) is 5.41 Å². The van der Waals surface area contributed by atoms with Crippen molar-refractivity contribution in [2.45, 2.75) is 83.7 Å². The molecular formula is C21H33BrO. The zero-order valence-electron chi connectivity index (χ0n) is 14.9. The molecule has 1 nitrogen and oxygen atoms in total. The maximum atomic E-state index is 11.4. The van der Waals surface area contributed by atoms with Crippen LogP contribution in [0.1, 0.15) is 78.1 Å². The second-order valence-corrected chi connectivity index (χ2v) is 10.2. The van der Waals surface area contributed by atoms with Crippen molar-refractivity contribution in [2.24, 2.45) is 28.6 Å². The number of hydrogen-bond acceptors (Lipinski definition) is 1. The lowest BCUT2D eigenvalue weighted by Crippen LogP contribution is -2.54. The molecule has 0 aromatic rings. The SMILES string of the molecule is C[C@]12CCCC=C1CC[C@@H]1[C@@H]2CC[C@@]2(C)[C@H]1CC[C@]2(O)CCBr. The van der Waals surface area contributed by atoms with E-state index < -0.39 is 5.60 Å². The van der Waals surface area contributed by atoms with E-state index in [1.54, 1.807) is 5.57 Å². The Morgan fingerprint density at radius 2 is 1.91 bits per heavy atom. The van der Waals surface area contributed by atoms with Gasteiger partial charge in [0.25, 0.3) is 0 Å². The first-order chi connectivity index (χ1) is 10.9. The molecule has 0 spiro atoms. The summed E-state index contributed by atoms with van der Waals surface area (Å²) in [6.45, 7) is 5.01. The molecule has 6 atom stereocenters. The van der Waals surface area contributed by atoms with E-state index in [-0.39, 0.29) is 5.41 Å². The Balaban J connectivity index is 1.65. The van der Waals surface area contributed by atoms with Crippen molar-refractivity contribution >= 4 is 15.9 Å². The smallest absolute Gasteiger partial charge is 0.0711 e. The first-order valence-corrected chi connectivity index (χ1v) is 11.0. The molecular weight excluding hydrogens is 348 g/mol. The van der Waals surface area contributed by atoms with Crippen LogP contribution in [0.3, 0.4) is 0 Å². The third kappa shape index (κ3) is 2.19. The van der Waals surface area contributed by atoms with Crippen molar-refractivity contribution in [1.82, 2.24) is 0 Å². The lowest BCUT2D eigenvalue weighted by Gasteiger charge is -2.59. The van der Waals surface area contributed by atoms with Gasteiger partial charge >= 0.3 is 0 Å². The van der Waals surface area contributed by atoms with Gasteiger partial charge in [0.05, 0.1) is 5.60 Å². The molecule has 0 aliphatic heterocycles. The van der Waals surface area contributed by atoms with Crippen LogP contribution in [0.15, 0.2) is 11.6 Å². The number of alkyl halides is 1. The van der Waals surface area contributed by atoms with Gasteiger partial charge in [0.1, 0.15) is 0 Å². The second-order valence-electron chi connectivity index (χ2n) is 9.42. The normalized spacial score (nSPS) is 52.3. The van der Waals surface area contributed by atoms with Crippen molar-refractivity contribution < 1.29 is 5.11 Å². The summed E-state index contributed by atoms with van der Waals surface area (Å²) in [5.41, 5.74) is 2.02. The summed E-state index contributed by atoms with van der Waals surface area (Å²) in [4.78, 5) is 0. The third-order valence-electron chi connectivity index (χ3n) is 8.86. The standard InChI is InChI=1S/C21H33BrO/c1-19-10-4-3-5-15(19)6-7-16-17(19)8-11-20(2)18(16)9-12-21(20,23)13-14-22/h5,16-18,23H,3-4,6-14H2,1-2H3/t16-,17+,18+,19+,20+,21+/m1/s1. The Morgan fingerprint density at radius 3 is 2.70 bits per heavy atom. The van der Waals surface area contributed by atoms with Crippen LogP contribution < -0.4 is 0 Å². The Morgan fingerprint density at radius 1 is 1.13 bits per heavy atom. The molecule has 130 valence electrons. The Labute approximate surface area is 150 Å². The van der Waals surface area contributed by atoms with Crippen LogP contribution in [0.5, 0.6) is 0 Å². The van der Waals surface area contributed by atoms with Gasteiger partial charge in [-0.25, -0.2) is 0 Å². The van der Waals surface area contributed by atoms with Crippen molar-refractivity contribution in [3.05, 3.63) is 11.6 Å². The molecule has 0 saturated heterocycles. The van der Waals surface area contributed by atoms with Gasteiger partial charge in [-0.05, 0) is 92.8 Å². The summed E-state index contributed by atoms with van der Waals surface area (Å²) < 4.78 is 0. The summed E-state index contributed by atoms with van der Waals surface area (Å²) in [6.07, 6.45) is 15.2. The quantitative estimate of drug-likeness (QED) is 0.470. The van der Waals surface area contributed by atoms with Crippen molar-refractivity contribution in [3.63, 3.8) is 0 Å². The van der Waals surface area contributed by atoms with Crippen molar-refractivity contribution in [1.29, 1.82) is 0 Å². The van der Waals surface area contributed by atoms with E-state index in [1.807, 2.05) is 0 Å². The molecule has 0 radical (unpaired) electrons. The van der Waals surface area contributed by atoms with E-state index in [4.69, 9.17) is 0 Å². The molecule has 23 heavy (non-hydrogen) atoms. The highest BCUT2D eigenvalue weighted by Gasteiger charge is 2.63. The Bertz CT molecular complexity index is 514. The molecule has 0 aromatic carbocycles. The zero-order valence-corrected chi connectivity index (χ0v) is 16.5. The average molecular weight is 381 g/mol. The maximum absolute atomic E-state index is 11.4. The molecule has 3 saturated carbocycles. The summed E-state index contributed by atoms with van der Waals surface area (Å²) >= 11 is 3.59. The van der Waals surface area contributed by atoms with Crippen LogP contribution in [-0.2, 0) is 0 Å². The first kappa shape index (κ1) is 16.6. The van der Waals surface area contributed by atoms with Gasteiger partial charge in [-0.2, -0.15) is 0 Å². The lowest BCUT2D eigenvalue weighted by molar-refractivity contribution is -0.127. The van der Waals surface area contributed by atoms with E-state index in [0.717, 1.165) is 35.9 Å². The maximum Gasteiger partial charge on any atom is 0.0711 e. The number of aliphatic hydroxyl groups is 1. The van der Waals surface area contributed by atoms with E-state index in [9.17, 15) is 5.11 Å². The summed E-state index contributed by atoms with van der Waals surface area (Å²) in [5.74, 6) is 2.50. The molecule has 4 rings (SSSR count). The van der Waals surface area contributed by atoms with Gasteiger partial charge < -0.3 is 5.11 Å². The van der Waals surface area contributed by atoms with E-state index >= 15 is 0 Å². The van der Waals surface area contributed by atoms with E-state index in [1.165, 1.54) is 51.4 Å². The molecule has 0 unspecified atom stereocenters. The number of allylic oxidation sites excluding steroid dienone is 2. The van der Waals surface area contributed by atoms with Crippen LogP contribution in [0.4, 0.5) is 0 Å². The minimum Gasteiger partial charge on any atom is -0.389 e. The summed E-state index contributed by atoms with van der Waals surface area (Å²) in [7, 11) is 0. The zero-order chi connectivity index (χ0) is 16.3. The molecule has 0 aromatic heterocycles. The predicted octanol–water partition coefficient (Wildman–Crippen LogP) is 5.86. The highest BCUT2D eigenvalue weighted by atomic mass is 79.9. The fourth-order valence-corrected chi connectivity index (χ4v) is 8.09. The van der Waals surface area contributed by atoms with Gasteiger partial charge in [0.15, 0.2) is 0 Å². The average Bonchev–Trinajstić information content (AvgIpc) is 2.79. The minimum atomic E-state index is -0.421. The van der Waals surface area contributed by atoms with Crippen molar-refractivity contribution in [2.75, 3.05) is 5.33 Å². The number of halogens is 1. The van der Waals surface area contributed by atoms with Crippen LogP contribution in [0, 0.1) is 28.6 Å². The number of fused-ring (bicyclic) bond motifs is 5. The molecule has 0 bridgehead atoms. The lowest BCUT2D eigenvalue weighted by atomic mass is 9.46. The monoisotopic (exact) mass is 380 g/mol. The van der Waals surface area contributed by atoms with Crippen molar-refractivity contribution in [3.8, 4) is 0 Å². The van der Waals surface area contributed by atoms with Gasteiger partial charge in [-0.15, -0.1) is 0 Å². The van der Waals surface area contributed by atoms with Gasteiger partial charge in [0, 0.05) is 5.33 Å². The molecule has 4 aliphatic carbocycles. The molecule has 1 N–H and O–H groups in total.